The summed E-state index contributed by atoms with van der Waals surface area (Å²) in [7, 11) is 1.39. The predicted molar refractivity (Wildman–Crippen MR) is 72.9 cm³/mol. The van der Waals surface area contributed by atoms with Crippen LogP contribution in [0.5, 0.6) is 0 Å². The number of nitrogens with zero attached hydrogens (tertiary/aromatic N) is 1. The average molecular weight is 314 g/mol. The molecule has 110 valence electrons. The fourth-order valence-electron chi connectivity index (χ4n) is 1.68. The van der Waals surface area contributed by atoms with E-state index >= 15 is 0 Å². The molecule has 0 radical (unpaired) electrons. The first-order valence-corrected chi connectivity index (χ1v) is 6.13. The van der Waals surface area contributed by atoms with Gasteiger partial charge in [0.05, 0.1) is 5.56 Å². The van der Waals surface area contributed by atoms with Crippen LogP contribution in [0, 0.1) is 0 Å². The molecule has 4 nitrogen and oxygen atoms in total. The monoisotopic (exact) mass is 314 g/mol. The third kappa shape index (κ3) is 3.10. The van der Waals surface area contributed by atoms with Crippen LogP contribution in [0.25, 0.3) is 6.08 Å². The van der Waals surface area contributed by atoms with Crippen LogP contribution in [0.15, 0.2) is 29.8 Å². The quantitative estimate of drug-likeness (QED) is 0.490. The van der Waals surface area contributed by atoms with Crippen molar-refractivity contribution in [3.05, 3.63) is 41.0 Å². The Morgan fingerprint density at radius 2 is 1.76 bits per heavy atom. The Balaban J connectivity index is 2.33. The Morgan fingerprint density at radius 1 is 1.19 bits per heavy atom. The number of nitrogens with one attached hydrogen (secondary N) is 1. The lowest BCUT2D eigenvalue weighted by Gasteiger charge is -2.25. The number of benzene rings is 1. The number of carbonyl (C=O) groups excluding carboxylic acids is 2. The molecule has 0 aromatic heterocycles. The fraction of sp³-hybridized carbons (Fsp3) is 0.154. The number of rotatable bonds is 1. The summed E-state index contributed by atoms with van der Waals surface area (Å²) in [5.74, 6) is -1.29. The number of hydrogen-bond donors (Lipinski definition) is 1. The van der Waals surface area contributed by atoms with E-state index in [0.717, 1.165) is 17.0 Å². The van der Waals surface area contributed by atoms with E-state index in [0.29, 0.717) is 5.56 Å². The number of carbonyl (C=O) groups is 2. The van der Waals surface area contributed by atoms with Gasteiger partial charge in [-0.3, -0.25) is 19.8 Å². The summed E-state index contributed by atoms with van der Waals surface area (Å²) in [5.41, 5.74) is -0.684. The molecule has 1 saturated heterocycles. The van der Waals surface area contributed by atoms with Gasteiger partial charge >= 0.3 is 6.18 Å². The summed E-state index contributed by atoms with van der Waals surface area (Å²) in [5, 5.41) is 2.30. The van der Waals surface area contributed by atoms with Crippen LogP contribution in [0.1, 0.15) is 11.1 Å². The van der Waals surface area contributed by atoms with Crippen molar-refractivity contribution >= 4 is 35.2 Å². The molecule has 1 N–H and O–H groups in total. The Hall–Kier alpha value is -2.22. The van der Waals surface area contributed by atoms with Crippen molar-refractivity contribution in [3.8, 4) is 0 Å². The SMILES string of the molecule is CN1C(=O)/C(=C/c2ccc(C(F)(F)F)cc2)C(=O)NC1=S. The van der Waals surface area contributed by atoms with Gasteiger partial charge in [0.15, 0.2) is 5.11 Å². The Morgan fingerprint density at radius 3 is 2.29 bits per heavy atom. The first-order valence-electron chi connectivity index (χ1n) is 5.72. The third-order valence-electron chi connectivity index (χ3n) is 2.85. The van der Waals surface area contributed by atoms with Gasteiger partial charge in [0.2, 0.25) is 0 Å². The zero-order chi connectivity index (χ0) is 15.8. The maximum atomic E-state index is 12.4. The molecular weight excluding hydrogens is 305 g/mol. The summed E-state index contributed by atoms with van der Waals surface area (Å²) in [6.45, 7) is 0. The van der Waals surface area contributed by atoms with Crippen molar-refractivity contribution in [1.82, 2.24) is 10.2 Å². The number of alkyl halides is 3. The smallest absolute Gasteiger partial charge is 0.298 e. The van der Waals surface area contributed by atoms with E-state index in [4.69, 9.17) is 12.2 Å². The molecule has 1 aromatic carbocycles. The molecular formula is C13H9F3N2O2S. The molecule has 0 aliphatic carbocycles. The van der Waals surface area contributed by atoms with Gasteiger partial charge < -0.3 is 0 Å². The third-order valence-corrected chi connectivity index (χ3v) is 3.23. The summed E-state index contributed by atoms with van der Waals surface area (Å²) in [6.07, 6.45) is -3.22. The maximum absolute atomic E-state index is 12.4. The minimum absolute atomic E-state index is 0.0189. The summed E-state index contributed by atoms with van der Waals surface area (Å²) < 4.78 is 37.3. The fourth-order valence-corrected chi connectivity index (χ4v) is 1.86. The highest BCUT2D eigenvalue weighted by molar-refractivity contribution is 7.80. The molecule has 1 fully saturated rings. The lowest BCUT2D eigenvalue weighted by atomic mass is 10.1. The van der Waals surface area contributed by atoms with Crippen molar-refractivity contribution in [1.29, 1.82) is 0 Å². The second-order valence-electron chi connectivity index (χ2n) is 4.30. The Labute approximate surface area is 123 Å². The molecule has 21 heavy (non-hydrogen) atoms. The van der Waals surface area contributed by atoms with Crippen molar-refractivity contribution < 1.29 is 22.8 Å². The van der Waals surface area contributed by atoms with Gasteiger partial charge in [0.25, 0.3) is 11.8 Å². The lowest BCUT2D eigenvalue weighted by Crippen LogP contribution is -2.52. The first kappa shape index (κ1) is 15.2. The van der Waals surface area contributed by atoms with E-state index in [1.165, 1.54) is 25.3 Å². The standard InChI is InChI=1S/C13H9F3N2O2S/c1-18-11(20)9(10(19)17-12(18)21)6-7-2-4-8(5-3-7)13(14,15)16/h2-6H,1H3,(H,17,19,21)/b9-6+. The molecule has 1 aliphatic heterocycles. The molecule has 1 heterocycles. The molecule has 8 heteroatoms. The second kappa shape index (κ2) is 5.28. The molecule has 0 spiro atoms. The maximum Gasteiger partial charge on any atom is 0.416 e. The number of halogens is 3. The lowest BCUT2D eigenvalue weighted by molar-refractivity contribution is -0.137. The predicted octanol–water partition coefficient (Wildman–Crippen LogP) is 1.96. The van der Waals surface area contributed by atoms with E-state index in [-0.39, 0.29) is 10.7 Å². The average Bonchev–Trinajstić information content (AvgIpc) is 2.41. The number of hydrogen-bond acceptors (Lipinski definition) is 3. The van der Waals surface area contributed by atoms with E-state index in [9.17, 15) is 22.8 Å². The minimum atomic E-state index is -4.43. The van der Waals surface area contributed by atoms with Gasteiger partial charge in [-0.2, -0.15) is 13.2 Å². The van der Waals surface area contributed by atoms with Crippen LogP contribution in [-0.2, 0) is 15.8 Å². The largest absolute Gasteiger partial charge is 0.416 e. The molecule has 1 aromatic rings. The van der Waals surface area contributed by atoms with Gasteiger partial charge in [0, 0.05) is 7.05 Å². The summed E-state index contributed by atoms with van der Waals surface area (Å²) in [6, 6.07) is 4.13. The normalized spacial score (nSPS) is 18.2. The zero-order valence-corrected chi connectivity index (χ0v) is 11.5. The van der Waals surface area contributed by atoms with Gasteiger partial charge in [0.1, 0.15) is 5.57 Å². The van der Waals surface area contributed by atoms with Crippen LogP contribution >= 0.6 is 12.2 Å². The van der Waals surface area contributed by atoms with Gasteiger partial charge in [-0.1, -0.05) is 12.1 Å². The molecule has 0 bridgehead atoms. The summed E-state index contributed by atoms with van der Waals surface area (Å²) >= 11 is 4.78. The van der Waals surface area contributed by atoms with Crippen molar-refractivity contribution in [2.75, 3.05) is 7.05 Å². The first-order chi connectivity index (χ1) is 9.70. The number of thiocarbonyl (C=S) groups is 1. The second-order valence-corrected chi connectivity index (χ2v) is 4.69. The van der Waals surface area contributed by atoms with Crippen LogP contribution < -0.4 is 5.32 Å². The van der Waals surface area contributed by atoms with Crippen molar-refractivity contribution in [2.24, 2.45) is 0 Å². The van der Waals surface area contributed by atoms with Gasteiger partial charge in [-0.15, -0.1) is 0 Å². The Bertz CT molecular complexity index is 650. The molecule has 2 rings (SSSR count). The molecule has 2 amide bonds. The highest BCUT2D eigenvalue weighted by Gasteiger charge is 2.31. The Kier molecular flexibility index (Phi) is 3.82. The van der Waals surface area contributed by atoms with Crippen LogP contribution in [0.2, 0.25) is 0 Å². The van der Waals surface area contributed by atoms with Gasteiger partial charge in [-0.25, -0.2) is 0 Å². The van der Waals surface area contributed by atoms with E-state index in [1.807, 2.05) is 0 Å². The van der Waals surface area contributed by atoms with Crippen LogP contribution in [-0.4, -0.2) is 28.9 Å². The van der Waals surface area contributed by atoms with Crippen LogP contribution in [0.3, 0.4) is 0 Å². The molecule has 0 atom stereocenters. The molecule has 0 unspecified atom stereocenters. The van der Waals surface area contributed by atoms with E-state index in [1.54, 1.807) is 0 Å². The van der Waals surface area contributed by atoms with Gasteiger partial charge in [-0.05, 0) is 36.0 Å². The molecule has 1 aliphatic rings. The number of amides is 2. The van der Waals surface area contributed by atoms with Crippen LogP contribution in [0.4, 0.5) is 13.2 Å². The van der Waals surface area contributed by atoms with Crippen molar-refractivity contribution in [2.45, 2.75) is 6.18 Å². The van der Waals surface area contributed by atoms with E-state index in [2.05, 4.69) is 5.32 Å². The van der Waals surface area contributed by atoms with Crippen molar-refractivity contribution in [3.63, 3.8) is 0 Å². The molecule has 0 saturated carbocycles. The highest BCUT2D eigenvalue weighted by Crippen LogP contribution is 2.29. The van der Waals surface area contributed by atoms with E-state index < -0.39 is 23.6 Å². The zero-order valence-electron chi connectivity index (χ0n) is 10.7. The topological polar surface area (TPSA) is 49.4 Å². The minimum Gasteiger partial charge on any atom is -0.298 e. The highest BCUT2D eigenvalue weighted by atomic mass is 32.1. The summed E-state index contributed by atoms with van der Waals surface area (Å²) in [4.78, 5) is 24.7. The number of likely N-dealkylation sites (N-methyl/N-ethyl adjacent to an activating group) is 1.